The third-order valence-electron chi connectivity index (χ3n) is 0.292. The van der Waals surface area contributed by atoms with E-state index in [1.807, 2.05) is 0 Å². The molecule has 3 heteroatoms. The summed E-state index contributed by atoms with van der Waals surface area (Å²) in [6.07, 6.45) is 0.281. The average Bonchev–Trinajstić information content (AvgIpc) is 1.35. The van der Waals surface area contributed by atoms with Crippen LogP contribution in [0.4, 0.5) is 0 Å². The maximum absolute atomic E-state index is 9.63. The quantitative estimate of drug-likeness (QED) is 0.514. The largest absolute Gasteiger partial charge is 0.306 e. The summed E-state index contributed by atoms with van der Waals surface area (Å²) in [7, 11) is 0. The fraction of sp³-hybridized carbons (Fsp3) is 0.667. The van der Waals surface area contributed by atoms with Crippen molar-refractivity contribution in [2.24, 2.45) is 0 Å². The summed E-state index contributed by atoms with van der Waals surface area (Å²) in [5.41, 5.74) is 0. The summed E-state index contributed by atoms with van der Waals surface area (Å²) in [4.78, 5) is 0. The summed E-state index contributed by atoms with van der Waals surface area (Å²) in [5, 5.41) is 0. The van der Waals surface area contributed by atoms with E-state index in [1.165, 1.54) is 0 Å². The first-order valence-electron chi connectivity index (χ1n) is 1.55. The molecule has 1 atom stereocenters. The molecule has 0 aromatic heterocycles. The van der Waals surface area contributed by atoms with Gasteiger partial charge in [-0.25, -0.2) is 4.21 Å². The Morgan fingerprint density at radius 2 is 2.33 bits per heavy atom. The molecule has 0 fully saturated rings. The van der Waals surface area contributed by atoms with Gasteiger partial charge in [-0.3, -0.25) is 0 Å². The molecule has 36 valence electrons. The van der Waals surface area contributed by atoms with Crippen molar-refractivity contribution in [1.82, 2.24) is 0 Å². The summed E-state index contributed by atoms with van der Waals surface area (Å²) in [6, 6.07) is 0. The lowest BCUT2D eigenvalue weighted by atomic mass is 10.6. The molecule has 0 aliphatic carbocycles. The predicted octanol–water partition coefficient (Wildman–Crippen LogP) is 0.309. The van der Waals surface area contributed by atoms with Gasteiger partial charge >= 0.3 is 0 Å². The fourth-order valence-corrected chi connectivity index (χ4v) is 0.302. The molecular formula is C3H6O2S. The molecule has 0 saturated heterocycles. The maximum atomic E-state index is 9.63. The minimum absolute atomic E-state index is 0.181. The second kappa shape index (κ2) is 3.31. The van der Waals surface area contributed by atoms with Crippen LogP contribution in [0.25, 0.3) is 0 Å². The molecular weight excluding hydrogens is 100 g/mol. The smallest absolute Gasteiger partial charge is 0.152 e. The average molecular weight is 106 g/mol. The summed E-state index contributed by atoms with van der Waals surface area (Å²) in [5.74, 6) is 0.181. The van der Waals surface area contributed by atoms with Crippen LogP contribution in [-0.2, 0) is 11.1 Å². The van der Waals surface area contributed by atoms with Crippen molar-refractivity contribution in [1.29, 1.82) is 0 Å². The molecule has 0 bridgehead atoms. The summed E-state index contributed by atoms with van der Waals surface area (Å²) < 4.78 is 17.6. The van der Waals surface area contributed by atoms with E-state index in [0.29, 0.717) is 0 Å². The molecule has 1 unspecified atom stereocenters. The van der Waals surface area contributed by atoms with E-state index in [0.717, 1.165) is 0 Å². The minimum Gasteiger partial charge on any atom is -0.306 e. The first-order chi connectivity index (χ1) is 2.77. The molecule has 0 aromatic carbocycles. The Balaban J connectivity index is 2.83. The van der Waals surface area contributed by atoms with Crippen molar-refractivity contribution in [2.45, 2.75) is 6.42 Å². The molecule has 0 amide bonds. The van der Waals surface area contributed by atoms with E-state index >= 15 is 0 Å². The Labute approximate surface area is 39.8 Å². The van der Waals surface area contributed by atoms with Crippen LogP contribution in [0, 0.1) is 6.92 Å². The predicted molar refractivity (Wildman–Crippen MR) is 24.6 cm³/mol. The van der Waals surface area contributed by atoms with E-state index < -0.39 is 11.1 Å². The van der Waals surface area contributed by atoms with Gasteiger partial charge in [0.2, 0.25) is 0 Å². The molecule has 0 aliphatic heterocycles. The Hall–Kier alpha value is 0.110. The van der Waals surface area contributed by atoms with Crippen LogP contribution in [0.1, 0.15) is 6.42 Å². The van der Waals surface area contributed by atoms with Gasteiger partial charge in [0, 0.05) is 5.75 Å². The van der Waals surface area contributed by atoms with Gasteiger partial charge in [0.15, 0.2) is 11.1 Å². The van der Waals surface area contributed by atoms with Crippen LogP contribution < -0.4 is 0 Å². The van der Waals surface area contributed by atoms with Crippen LogP contribution in [-0.4, -0.2) is 14.5 Å². The van der Waals surface area contributed by atoms with Gasteiger partial charge in [-0.05, 0) is 13.3 Å². The van der Waals surface area contributed by atoms with E-state index in [1.54, 1.807) is 0 Å². The summed E-state index contributed by atoms with van der Waals surface area (Å²) >= 11 is -1.69. The molecule has 0 aromatic rings. The molecule has 0 rings (SSSR count). The van der Waals surface area contributed by atoms with Crippen molar-refractivity contribution in [3.8, 4) is 0 Å². The van der Waals surface area contributed by atoms with Gasteiger partial charge in [0.25, 0.3) is 0 Å². The number of hydrogen-bond acceptors (Lipinski definition) is 1. The Morgan fingerprint density at radius 3 is 2.33 bits per heavy atom. The fourth-order valence-electron chi connectivity index (χ4n) is 0.101. The zero-order chi connectivity index (χ0) is 4.99. The Morgan fingerprint density at radius 1 is 1.83 bits per heavy atom. The lowest BCUT2D eigenvalue weighted by Gasteiger charge is -1.81. The van der Waals surface area contributed by atoms with Crippen LogP contribution in [0.3, 0.4) is 0 Å². The van der Waals surface area contributed by atoms with E-state index in [9.17, 15) is 4.21 Å². The Bertz CT molecular complexity index is 52.8. The Kier molecular flexibility index (Phi) is 3.37. The van der Waals surface area contributed by atoms with Crippen LogP contribution in [0.5, 0.6) is 0 Å². The highest BCUT2D eigenvalue weighted by molar-refractivity contribution is 7.79. The molecule has 0 aliphatic rings. The lowest BCUT2D eigenvalue weighted by Crippen LogP contribution is -1.90. The van der Waals surface area contributed by atoms with Crippen molar-refractivity contribution in [3.05, 3.63) is 6.92 Å². The third-order valence-corrected chi connectivity index (χ3v) is 0.877. The maximum Gasteiger partial charge on any atom is 0.152 e. The van der Waals surface area contributed by atoms with Gasteiger partial charge in [-0.1, -0.05) is 0 Å². The summed E-state index contributed by atoms with van der Waals surface area (Å²) in [6.45, 7) is 4.88. The molecule has 2 radical (unpaired) electrons. The van der Waals surface area contributed by atoms with Crippen molar-refractivity contribution < 1.29 is 8.76 Å². The highest BCUT2D eigenvalue weighted by Gasteiger charge is 1.83. The molecule has 6 heavy (non-hydrogen) atoms. The first kappa shape index (κ1) is 6.11. The zero-order valence-electron chi connectivity index (χ0n) is 3.26. The molecule has 0 heterocycles. The van der Waals surface area contributed by atoms with E-state index in [-0.39, 0.29) is 12.2 Å². The normalized spacial score (nSPS) is 14.3. The second-order valence-corrected chi connectivity index (χ2v) is 1.87. The second-order valence-electron chi connectivity index (χ2n) is 0.814. The van der Waals surface area contributed by atoms with Gasteiger partial charge in [0.05, 0.1) is 0 Å². The van der Waals surface area contributed by atoms with Gasteiger partial charge in [0.1, 0.15) is 0 Å². The van der Waals surface area contributed by atoms with Gasteiger partial charge < -0.3 is 4.55 Å². The third kappa shape index (κ3) is 4.11. The SMILES string of the molecule is [CH]CCS(=O)O. The van der Waals surface area contributed by atoms with Gasteiger partial charge in [-0.2, -0.15) is 0 Å². The molecule has 0 saturated carbocycles. The molecule has 2 nitrogen and oxygen atoms in total. The highest BCUT2D eigenvalue weighted by atomic mass is 32.2. The van der Waals surface area contributed by atoms with Crippen LogP contribution >= 0.6 is 0 Å². The monoisotopic (exact) mass is 106 g/mol. The first-order valence-corrected chi connectivity index (χ1v) is 2.82. The van der Waals surface area contributed by atoms with Crippen LogP contribution in [0.15, 0.2) is 0 Å². The number of hydrogen-bond donors (Lipinski definition) is 1. The van der Waals surface area contributed by atoms with Crippen molar-refractivity contribution >= 4 is 11.1 Å². The van der Waals surface area contributed by atoms with E-state index in [4.69, 9.17) is 11.5 Å². The highest BCUT2D eigenvalue weighted by Crippen LogP contribution is 1.76. The standard InChI is InChI=1S/C3H6O2S/c1-2-3-6(4)5/h1H,2-3H2,(H,4,5). The minimum atomic E-state index is -1.69. The van der Waals surface area contributed by atoms with Gasteiger partial charge in [-0.15, -0.1) is 0 Å². The topological polar surface area (TPSA) is 37.3 Å². The number of rotatable bonds is 2. The van der Waals surface area contributed by atoms with E-state index in [2.05, 4.69) is 0 Å². The van der Waals surface area contributed by atoms with Crippen molar-refractivity contribution in [2.75, 3.05) is 5.75 Å². The van der Waals surface area contributed by atoms with Crippen molar-refractivity contribution in [3.63, 3.8) is 0 Å². The molecule has 1 N–H and O–H groups in total. The zero-order valence-corrected chi connectivity index (χ0v) is 4.07. The molecule has 0 spiro atoms. The lowest BCUT2D eigenvalue weighted by molar-refractivity contribution is 0.564. The van der Waals surface area contributed by atoms with Crippen LogP contribution in [0.2, 0.25) is 0 Å².